The molecule has 0 bridgehead atoms. The number of aromatic nitrogens is 2. The molecule has 0 saturated heterocycles. The van der Waals surface area contributed by atoms with Crippen molar-refractivity contribution in [2.75, 3.05) is 0 Å². The van der Waals surface area contributed by atoms with Crippen LogP contribution in [-0.2, 0) is 0 Å². The molecule has 2 aromatic heterocycles. The Labute approximate surface area is 74.2 Å². The Hall–Kier alpha value is -1.84. The van der Waals surface area contributed by atoms with Gasteiger partial charge in [-0.25, -0.2) is 9.78 Å². The smallest absolute Gasteiger partial charge is 0.337 e. The van der Waals surface area contributed by atoms with Gasteiger partial charge in [0.1, 0.15) is 5.65 Å². The van der Waals surface area contributed by atoms with Gasteiger partial charge in [-0.2, -0.15) is 0 Å². The maximum absolute atomic E-state index is 10.6. The number of carboxylic acid groups (broad SMARTS) is 1. The molecule has 2 heterocycles. The molecule has 0 aliphatic carbocycles. The molecule has 0 fully saturated rings. The summed E-state index contributed by atoms with van der Waals surface area (Å²) >= 11 is 0. The molecule has 4 heteroatoms. The summed E-state index contributed by atoms with van der Waals surface area (Å²) in [5.74, 6) is -0.951. The van der Waals surface area contributed by atoms with Crippen molar-refractivity contribution in [2.45, 2.75) is 6.92 Å². The largest absolute Gasteiger partial charge is 0.478 e. The van der Waals surface area contributed by atoms with Crippen LogP contribution in [0.1, 0.15) is 16.1 Å². The van der Waals surface area contributed by atoms with Crippen LogP contribution in [-0.4, -0.2) is 21.0 Å². The predicted molar refractivity (Wildman–Crippen MR) is 47.8 cm³/mol. The molecule has 66 valence electrons. The van der Waals surface area contributed by atoms with Crippen LogP contribution in [0.5, 0.6) is 0 Å². The zero-order chi connectivity index (χ0) is 9.42. The summed E-state index contributed by atoms with van der Waals surface area (Å²) in [6.45, 7) is 1.90. The van der Waals surface area contributed by atoms with Gasteiger partial charge >= 0.3 is 5.97 Å². The molecule has 0 amide bonds. The minimum atomic E-state index is -0.951. The van der Waals surface area contributed by atoms with E-state index in [-0.39, 0.29) is 5.56 Å². The molecule has 0 radical (unpaired) electrons. The van der Waals surface area contributed by atoms with E-state index in [2.05, 4.69) is 9.97 Å². The summed E-state index contributed by atoms with van der Waals surface area (Å²) in [5.41, 5.74) is 1.92. The minimum Gasteiger partial charge on any atom is -0.478 e. The standard InChI is InChI=1S/C9H8N2O2/c1-5-2-6-3-7(9(12)13)4-10-8(6)11-5/h2-4H,1H3,(H,10,11)(H,12,13). The molecule has 0 unspecified atom stereocenters. The lowest BCUT2D eigenvalue weighted by molar-refractivity contribution is 0.0696. The zero-order valence-electron chi connectivity index (χ0n) is 7.03. The summed E-state index contributed by atoms with van der Waals surface area (Å²) in [6.07, 6.45) is 1.35. The molecule has 13 heavy (non-hydrogen) atoms. The molecule has 0 aliphatic rings. The number of pyridine rings is 1. The number of aromatic amines is 1. The number of carbonyl (C=O) groups is 1. The SMILES string of the molecule is Cc1cc2cc(C(=O)O)cnc2[nH]1. The molecule has 2 N–H and O–H groups in total. The monoisotopic (exact) mass is 176 g/mol. The van der Waals surface area contributed by atoms with E-state index in [9.17, 15) is 4.79 Å². The Morgan fingerprint density at radius 2 is 2.31 bits per heavy atom. The van der Waals surface area contributed by atoms with Crippen LogP contribution in [0.3, 0.4) is 0 Å². The van der Waals surface area contributed by atoms with E-state index < -0.39 is 5.97 Å². The fraction of sp³-hybridized carbons (Fsp3) is 0.111. The highest BCUT2D eigenvalue weighted by molar-refractivity contribution is 5.91. The number of nitrogens with one attached hydrogen (secondary N) is 1. The van der Waals surface area contributed by atoms with Gasteiger partial charge in [-0.05, 0) is 19.1 Å². The highest BCUT2D eigenvalue weighted by atomic mass is 16.4. The summed E-state index contributed by atoms with van der Waals surface area (Å²) in [4.78, 5) is 17.6. The Balaban J connectivity index is 2.67. The average Bonchev–Trinajstić information content (AvgIpc) is 2.42. The van der Waals surface area contributed by atoms with Crippen LogP contribution in [0, 0.1) is 6.92 Å². The molecular formula is C9H8N2O2. The van der Waals surface area contributed by atoms with E-state index in [0.29, 0.717) is 0 Å². The molecule has 0 saturated carbocycles. The van der Waals surface area contributed by atoms with Crippen molar-refractivity contribution in [3.63, 3.8) is 0 Å². The van der Waals surface area contributed by atoms with Gasteiger partial charge in [0.15, 0.2) is 0 Å². The fourth-order valence-electron chi connectivity index (χ4n) is 1.27. The average molecular weight is 176 g/mol. The molecule has 2 aromatic rings. The van der Waals surface area contributed by atoms with Crippen molar-refractivity contribution in [3.05, 3.63) is 29.6 Å². The summed E-state index contributed by atoms with van der Waals surface area (Å²) < 4.78 is 0. The van der Waals surface area contributed by atoms with Gasteiger partial charge in [-0.3, -0.25) is 0 Å². The van der Waals surface area contributed by atoms with Crippen LogP contribution >= 0.6 is 0 Å². The number of aromatic carboxylic acids is 1. The maximum atomic E-state index is 10.6. The second kappa shape index (κ2) is 2.58. The van der Waals surface area contributed by atoms with Gasteiger partial charge in [0.2, 0.25) is 0 Å². The summed E-state index contributed by atoms with van der Waals surface area (Å²) in [6, 6.07) is 3.48. The summed E-state index contributed by atoms with van der Waals surface area (Å²) in [5, 5.41) is 9.53. The lowest BCUT2D eigenvalue weighted by Gasteiger charge is -1.92. The molecule has 0 atom stereocenters. The first kappa shape index (κ1) is 7.79. The Morgan fingerprint density at radius 3 is 3.00 bits per heavy atom. The van der Waals surface area contributed by atoms with Crippen LogP contribution in [0.2, 0.25) is 0 Å². The van der Waals surface area contributed by atoms with Crippen molar-refractivity contribution < 1.29 is 9.90 Å². The number of hydrogen-bond acceptors (Lipinski definition) is 2. The van der Waals surface area contributed by atoms with Crippen molar-refractivity contribution in [2.24, 2.45) is 0 Å². The van der Waals surface area contributed by atoms with Crippen molar-refractivity contribution >= 4 is 17.0 Å². The Kier molecular flexibility index (Phi) is 1.55. The number of fused-ring (bicyclic) bond motifs is 1. The lowest BCUT2D eigenvalue weighted by Crippen LogP contribution is -1.96. The quantitative estimate of drug-likeness (QED) is 0.693. The van der Waals surface area contributed by atoms with Gasteiger partial charge in [0.25, 0.3) is 0 Å². The number of H-pyrrole nitrogens is 1. The van der Waals surface area contributed by atoms with Crippen LogP contribution in [0.4, 0.5) is 0 Å². The van der Waals surface area contributed by atoms with E-state index in [0.717, 1.165) is 16.7 Å². The second-order valence-corrected chi connectivity index (χ2v) is 2.92. The first-order chi connectivity index (χ1) is 6.16. The highest BCUT2D eigenvalue weighted by Gasteiger charge is 2.05. The third-order valence-corrected chi connectivity index (χ3v) is 1.85. The zero-order valence-corrected chi connectivity index (χ0v) is 7.03. The molecule has 0 spiro atoms. The number of aryl methyl sites for hydroxylation is 1. The molecule has 0 aliphatic heterocycles. The predicted octanol–water partition coefficient (Wildman–Crippen LogP) is 1.57. The number of rotatable bonds is 1. The van der Waals surface area contributed by atoms with Gasteiger partial charge in [-0.15, -0.1) is 0 Å². The van der Waals surface area contributed by atoms with Gasteiger partial charge in [0, 0.05) is 17.3 Å². The minimum absolute atomic E-state index is 0.214. The van der Waals surface area contributed by atoms with Crippen LogP contribution in [0.15, 0.2) is 18.3 Å². The lowest BCUT2D eigenvalue weighted by atomic mass is 10.2. The van der Waals surface area contributed by atoms with Crippen molar-refractivity contribution in [3.8, 4) is 0 Å². The normalized spacial score (nSPS) is 10.5. The molecular weight excluding hydrogens is 168 g/mol. The number of carboxylic acids is 1. The summed E-state index contributed by atoms with van der Waals surface area (Å²) in [7, 11) is 0. The first-order valence-corrected chi connectivity index (χ1v) is 3.85. The number of nitrogens with zero attached hydrogens (tertiary/aromatic N) is 1. The second-order valence-electron chi connectivity index (χ2n) is 2.92. The van der Waals surface area contributed by atoms with Gasteiger partial charge in [0.05, 0.1) is 5.56 Å². The van der Waals surface area contributed by atoms with E-state index in [4.69, 9.17) is 5.11 Å². The molecule has 4 nitrogen and oxygen atoms in total. The Morgan fingerprint density at radius 1 is 1.54 bits per heavy atom. The topological polar surface area (TPSA) is 66.0 Å². The van der Waals surface area contributed by atoms with Crippen LogP contribution in [0.25, 0.3) is 11.0 Å². The highest BCUT2D eigenvalue weighted by Crippen LogP contribution is 2.13. The van der Waals surface area contributed by atoms with Crippen molar-refractivity contribution in [1.29, 1.82) is 0 Å². The van der Waals surface area contributed by atoms with E-state index in [1.807, 2.05) is 13.0 Å². The van der Waals surface area contributed by atoms with E-state index in [1.165, 1.54) is 6.20 Å². The fourth-order valence-corrected chi connectivity index (χ4v) is 1.27. The first-order valence-electron chi connectivity index (χ1n) is 3.85. The van der Waals surface area contributed by atoms with E-state index >= 15 is 0 Å². The van der Waals surface area contributed by atoms with Gasteiger partial charge in [-0.1, -0.05) is 0 Å². The maximum Gasteiger partial charge on any atom is 0.337 e. The Bertz CT molecular complexity index is 473. The molecule has 0 aromatic carbocycles. The van der Waals surface area contributed by atoms with Gasteiger partial charge < -0.3 is 10.1 Å². The third-order valence-electron chi connectivity index (χ3n) is 1.85. The third kappa shape index (κ3) is 1.26. The van der Waals surface area contributed by atoms with E-state index in [1.54, 1.807) is 6.07 Å². The molecule has 2 rings (SSSR count). The van der Waals surface area contributed by atoms with Crippen LogP contribution < -0.4 is 0 Å². The number of hydrogen-bond donors (Lipinski definition) is 2. The van der Waals surface area contributed by atoms with Crippen molar-refractivity contribution in [1.82, 2.24) is 9.97 Å².